The molecule has 96 valence electrons. The maximum Gasteiger partial charge on any atom is 0.329 e. The summed E-state index contributed by atoms with van der Waals surface area (Å²) in [6.45, 7) is 1.56. The van der Waals surface area contributed by atoms with Crippen molar-refractivity contribution in [2.24, 2.45) is 0 Å². The minimum atomic E-state index is -1.51. The van der Waals surface area contributed by atoms with Gasteiger partial charge in [0.1, 0.15) is 5.54 Å². The quantitative estimate of drug-likeness (QED) is 0.707. The average Bonchev–Trinajstić information content (AvgIpc) is 2.25. The molecule has 1 saturated heterocycles. The molecule has 0 saturated carbocycles. The second kappa shape index (κ2) is 5.27. The number of likely N-dealkylation sites (tertiary alicyclic amines) is 1. The van der Waals surface area contributed by atoms with Gasteiger partial charge < -0.3 is 9.84 Å². The van der Waals surface area contributed by atoms with Crippen LogP contribution in [0.4, 0.5) is 0 Å². The van der Waals surface area contributed by atoms with Gasteiger partial charge in [-0.25, -0.2) is 4.79 Å². The van der Waals surface area contributed by atoms with Gasteiger partial charge in [0.25, 0.3) is 0 Å². The highest BCUT2D eigenvalue weighted by Gasteiger charge is 2.46. The first-order valence-corrected chi connectivity index (χ1v) is 5.51. The van der Waals surface area contributed by atoms with Gasteiger partial charge in [-0.15, -0.1) is 0 Å². The van der Waals surface area contributed by atoms with E-state index < -0.39 is 23.3 Å². The van der Waals surface area contributed by atoms with Crippen LogP contribution in [0.5, 0.6) is 0 Å². The Bertz CT molecular complexity index is 325. The van der Waals surface area contributed by atoms with Gasteiger partial charge in [0.2, 0.25) is 11.8 Å². The molecule has 6 heteroatoms. The predicted molar refractivity (Wildman–Crippen MR) is 58.2 cm³/mol. The SMILES string of the molecule is COCCC(C)(C(=O)O)N1C(=O)CCCC1=O. The van der Waals surface area contributed by atoms with E-state index in [-0.39, 0.29) is 25.9 Å². The molecule has 1 heterocycles. The fraction of sp³-hybridized carbons (Fsp3) is 0.727. The van der Waals surface area contributed by atoms with E-state index in [1.54, 1.807) is 0 Å². The number of aliphatic carboxylic acids is 1. The van der Waals surface area contributed by atoms with Crippen molar-refractivity contribution in [3.05, 3.63) is 0 Å². The number of carbonyl (C=O) groups excluding carboxylic acids is 2. The molecular weight excluding hydrogens is 226 g/mol. The molecule has 1 atom stereocenters. The molecule has 0 spiro atoms. The molecule has 1 N–H and O–H groups in total. The number of hydrogen-bond donors (Lipinski definition) is 1. The summed E-state index contributed by atoms with van der Waals surface area (Å²) >= 11 is 0. The summed E-state index contributed by atoms with van der Waals surface area (Å²) in [4.78, 5) is 35.6. The molecule has 1 fully saturated rings. The first-order chi connectivity index (χ1) is 7.93. The van der Waals surface area contributed by atoms with Crippen LogP contribution in [0, 0.1) is 0 Å². The lowest BCUT2D eigenvalue weighted by Crippen LogP contribution is -2.59. The number of nitrogens with zero attached hydrogens (tertiary/aromatic N) is 1. The Morgan fingerprint density at radius 3 is 2.35 bits per heavy atom. The van der Waals surface area contributed by atoms with Crippen molar-refractivity contribution >= 4 is 17.8 Å². The van der Waals surface area contributed by atoms with Crippen molar-refractivity contribution in [1.29, 1.82) is 0 Å². The molecule has 2 amide bonds. The zero-order chi connectivity index (χ0) is 13.1. The Balaban J connectivity index is 2.99. The standard InChI is InChI=1S/C11H17NO5/c1-11(10(15)16,6-7-17-2)12-8(13)4-3-5-9(12)14/h3-7H2,1-2H3,(H,15,16). The Morgan fingerprint density at radius 1 is 1.41 bits per heavy atom. The fourth-order valence-corrected chi connectivity index (χ4v) is 1.92. The molecule has 0 radical (unpaired) electrons. The monoisotopic (exact) mass is 243 g/mol. The highest BCUT2D eigenvalue weighted by molar-refractivity contribution is 6.02. The number of ether oxygens (including phenoxy) is 1. The van der Waals surface area contributed by atoms with Crippen LogP contribution in [0.3, 0.4) is 0 Å². The number of amides is 2. The van der Waals surface area contributed by atoms with E-state index in [2.05, 4.69) is 0 Å². The molecule has 0 aromatic heterocycles. The average molecular weight is 243 g/mol. The van der Waals surface area contributed by atoms with Crippen LogP contribution in [0.25, 0.3) is 0 Å². The molecule has 1 aliphatic heterocycles. The van der Waals surface area contributed by atoms with Gasteiger partial charge in [-0.1, -0.05) is 0 Å². The zero-order valence-electron chi connectivity index (χ0n) is 10.1. The van der Waals surface area contributed by atoms with Gasteiger partial charge in [0.15, 0.2) is 0 Å². The van der Waals surface area contributed by atoms with Crippen LogP contribution in [-0.4, -0.2) is 47.0 Å². The topological polar surface area (TPSA) is 83.9 Å². The molecule has 0 aromatic carbocycles. The van der Waals surface area contributed by atoms with Gasteiger partial charge in [-0.3, -0.25) is 14.5 Å². The van der Waals surface area contributed by atoms with Crippen LogP contribution in [0.2, 0.25) is 0 Å². The minimum absolute atomic E-state index is 0.0936. The van der Waals surface area contributed by atoms with Crippen molar-refractivity contribution in [1.82, 2.24) is 4.90 Å². The molecule has 0 aliphatic carbocycles. The van der Waals surface area contributed by atoms with Crippen LogP contribution in [0.1, 0.15) is 32.6 Å². The van der Waals surface area contributed by atoms with E-state index in [0.717, 1.165) is 4.90 Å². The first-order valence-electron chi connectivity index (χ1n) is 5.51. The molecule has 17 heavy (non-hydrogen) atoms. The minimum Gasteiger partial charge on any atom is -0.479 e. The molecule has 0 aromatic rings. The van der Waals surface area contributed by atoms with E-state index >= 15 is 0 Å². The summed E-state index contributed by atoms with van der Waals surface area (Å²) in [6, 6.07) is 0. The van der Waals surface area contributed by atoms with Gasteiger partial charge in [-0.05, 0) is 13.3 Å². The van der Waals surface area contributed by atoms with Gasteiger partial charge >= 0.3 is 5.97 Å². The Labute approximate surface area is 99.5 Å². The largest absolute Gasteiger partial charge is 0.479 e. The third-order valence-corrected chi connectivity index (χ3v) is 3.03. The smallest absolute Gasteiger partial charge is 0.329 e. The van der Waals surface area contributed by atoms with Crippen molar-refractivity contribution in [2.75, 3.05) is 13.7 Å². The zero-order valence-corrected chi connectivity index (χ0v) is 10.1. The number of hydrogen-bond acceptors (Lipinski definition) is 4. The molecule has 0 bridgehead atoms. The Hall–Kier alpha value is -1.43. The number of rotatable bonds is 5. The Morgan fingerprint density at radius 2 is 1.94 bits per heavy atom. The Kier molecular flexibility index (Phi) is 4.22. The van der Waals surface area contributed by atoms with Crippen LogP contribution >= 0.6 is 0 Å². The first kappa shape index (κ1) is 13.6. The van der Waals surface area contributed by atoms with Crippen molar-refractivity contribution < 1.29 is 24.2 Å². The maximum atomic E-state index is 11.7. The summed E-state index contributed by atoms with van der Waals surface area (Å²) in [6.07, 6.45) is 1.04. The predicted octanol–water partition coefficient (Wildman–Crippen LogP) is 0.405. The summed E-state index contributed by atoms with van der Waals surface area (Å²) in [5.74, 6) is -2.01. The van der Waals surface area contributed by atoms with Crippen molar-refractivity contribution in [3.63, 3.8) is 0 Å². The lowest BCUT2D eigenvalue weighted by molar-refractivity contribution is -0.168. The summed E-state index contributed by atoms with van der Waals surface area (Å²) < 4.78 is 4.84. The van der Waals surface area contributed by atoms with E-state index in [0.29, 0.717) is 6.42 Å². The normalized spacial score (nSPS) is 20.2. The van der Waals surface area contributed by atoms with Crippen molar-refractivity contribution in [3.8, 4) is 0 Å². The number of methoxy groups -OCH3 is 1. The second-order valence-electron chi connectivity index (χ2n) is 4.30. The second-order valence-corrected chi connectivity index (χ2v) is 4.30. The fourth-order valence-electron chi connectivity index (χ4n) is 1.92. The van der Waals surface area contributed by atoms with E-state index in [1.807, 2.05) is 0 Å². The lowest BCUT2D eigenvalue weighted by Gasteiger charge is -2.38. The summed E-state index contributed by atoms with van der Waals surface area (Å²) in [5.41, 5.74) is -1.51. The maximum absolute atomic E-state index is 11.7. The molecule has 1 unspecified atom stereocenters. The number of piperidine rings is 1. The van der Waals surface area contributed by atoms with E-state index in [1.165, 1.54) is 14.0 Å². The third kappa shape index (κ3) is 2.63. The lowest BCUT2D eigenvalue weighted by atomic mass is 9.92. The number of carboxylic acids is 1. The van der Waals surface area contributed by atoms with Gasteiger partial charge in [0, 0.05) is 33.0 Å². The van der Waals surface area contributed by atoms with E-state index in [9.17, 15) is 19.5 Å². The summed E-state index contributed by atoms with van der Waals surface area (Å²) in [5, 5.41) is 9.25. The van der Waals surface area contributed by atoms with Crippen LogP contribution in [0.15, 0.2) is 0 Å². The van der Waals surface area contributed by atoms with Crippen LogP contribution < -0.4 is 0 Å². The van der Waals surface area contributed by atoms with Crippen molar-refractivity contribution in [2.45, 2.75) is 38.1 Å². The highest BCUT2D eigenvalue weighted by atomic mass is 16.5. The molecule has 1 rings (SSSR count). The number of carboxylic acid groups (broad SMARTS) is 1. The van der Waals surface area contributed by atoms with Gasteiger partial charge in [-0.2, -0.15) is 0 Å². The van der Waals surface area contributed by atoms with Crippen LogP contribution in [-0.2, 0) is 19.1 Å². The molecule has 6 nitrogen and oxygen atoms in total. The molecular formula is C11H17NO5. The van der Waals surface area contributed by atoms with Gasteiger partial charge in [0.05, 0.1) is 0 Å². The third-order valence-electron chi connectivity index (χ3n) is 3.03. The highest BCUT2D eigenvalue weighted by Crippen LogP contribution is 2.26. The summed E-state index contributed by atoms with van der Waals surface area (Å²) in [7, 11) is 1.45. The van der Waals surface area contributed by atoms with E-state index in [4.69, 9.17) is 4.74 Å². The molecule has 1 aliphatic rings. The number of imide groups is 1. The number of carbonyl (C=O) groups is 3.